The lowest BCUT2D eigenvalue weighted by atomic mass is 9.93. The monoisotopic (exact) mass is 418 g/mol. The average molecular weight is 418 g/mol. The molecule has 5 nitrogen and oxygen atoms in total. The third-order valence-corrected chi connectivity index (χ3v) is 5.44. The molecule has 0 saturated heterocycles. The molecular weight excluding hydrogens is 393 g/mol. The van der Waals surface area contributed by atoms with Gasteiger partial charge < -0.3 is 20.7 Å². The highest BCUT2D eigenvalue weighted by atomic mass is 19.4. The molecule has 0 saturated carbocycles. The van der Waals surface area contributed by atoms with Crippen molar-refractivity contribution in [3.8, 4) is 0 Å². The Morgan fingerprint density at radius 2 is 2.00 bits per heavy atom. The van der Waals surface area contributed by atoms with E-state index in [0.29, 0.717) is 25.1 Å². The molecule has 1 atom stereocenters. The first-order chi connectivity index (χ1) is 14.4. The summed E-state index contributed by atoms with van der Waals surface area (Å²) in [6.07, 6.45) is 2.48. The maximum atomic E-state index is 12.7. The van der Waals surface area contributed by atoms with Crippen molar-refractivity contribution in [3.63, 3.8) is 0 Å². The van der Waals surface area contributed by atoms with E-state index in [1.807, 2.05) is 12.1 Å². The molecule has 0 radical (unpaired) electrons. The number of ether oxygens (including phenoxy) is 1. The molecule has 3 N–H and O–H groups in total. The summed E-state index contributed by atoms with van der Waals surface area (Å²) in [4.78, 5) is 7.12. The normalized spacial score (nSPS) is 21.3. The van der Waals surface area contributed by atoms with E-state index < -0.39 is 6.36 Å². The molecule has 2 heterocycles. The Hall–Kier alpha value is -2.74. The van der Waals surface area contributed by atoms with E-state index in [1.165, 1.54) is 23.3 Å². The van der Waals surface area contributed by atoms with Gasteiger partial charge in [-0.2, -0.15) is 0 Å². The summed E-state index contributed by atoms with van der Waals surface area (Å²) in [6, 6.07) is 8.17. The molecule has 1 aliphatic carbocycles. The van der Waals surface area contributed by atoms with Crippen molar-refractivity contribution >= 4 is 5.84 Å². The molecule has 160 valence electrons. The Morgan fingerprint density at radius 1 is 1.20 bits per heavy atom. The summed E-state index contributed by atoms with van der Waals surface area (Å²) in [5.41, 5.74) is 9.74. The molecule has 1 aromatic carbocycles. The topological polar surface area (TPSA) is 62.9 Å². The molecule has 1 aromatic rings. The van der Waals surface area contributed by atoms with Gasteiger partial charge in [-0.1, -0.05) is 24.3 Å². The summed E-state index contributed by atoms with van der Waals surface area (Å²) in [6.45, 7) is 2.57. The lowest BCUT2D eigenvalue weighted by Crippen LogP contribution is -2.37. The van der Waals surface area contributed by atoms with Crippen LogP contribution in [-0.2, 0) is 17.7 Å². The second-order valence-electron chi connectivity index (χ2n) is 7.56. The molecule has 8 heteroatoms. The van der Waals surface area contributed by atoms with Crippen LogP contribution in [0.3, 0.4) is 0 Å². The first kappa shape index (κ1) is 20.5. The number of allylic oxidation sites excluding steroid dienone is 1. The van der Waals surface area contributed by atoms with Crippen LogP contribution < -0.4 is 11.1 Å². The fraction of sp³-hybridized carbons (Fsp3) is 0.409. The van der Waals surface area contributed by atoms with Gasteiger partial charge in [-0.25, -0.2) is 0 Å². The summed E-state index contributed by atoms with van der Waals surface area (Å²) in [5.74, 6) is 0.651. The van der Waals surface area contributed by atoms with E-state index >= 15 is 0 Å². The molecule has 1 unspecified atom stereocenters. The highest BCUT2D eigenvalue weighted by Gasteiger charge is 2.34. The number of fused-ring (bicyclic) bond motifs is 2. The van der Waals surface area contributed by atoms with Gasteiger partial charge in [0.15, 0.2) is 0 Å². The maximum absolute atomic E-state index is 12.7. The zero-order valence-corrected chi connectivity index (χ0v) is 16.6. The Kier molecular flexibility index (Phi) is 5.85. The van der Waals surface area contributed by atoms with E-state index in [-0.39, 0.29) is 11.8 Å². The van der Waals surface area contributed by atoms with E-state index in [9.17, 15) is 13.2 Å². The molecular formula is C22H25F3N4O. The van der Waals surface area contributed by atoms with Crippen LogP contribution >= 0.6 is 0 Å². The van der Waals surface area contributed by atoms with Crippen LogP contribution in [0.1, 0.15) is 24.0 Å². The van der Waals surface area contributed by atoms with Crippen molar-refractivity contribution in [2.75, 3.05) is 19.6 Å². The van der Waals surface area contributed by atoms with Gasteiger partial charge in [0.25, 0.3) is 0 Å². The number of alkyl halides is 3. The SMILES string of the molecule is NCCNC1=CC(N2CCCc3ccccc3C2)=NC2CC=C(OC(F)(F)F)C=C12. The number of aliphatic imine (C=N–C) groups is 1. The summed E-state index contributed by atoms with van der Waals surface area (Å²) in [7, 11) is 0. The van der Waals surface area contributed by atoms with Crippen LogP contribution in [0.2, 0.25) is 0 Å². The molecule has 4 rings (SSSR count). The third kappa shape index (κ3) is 4.70. The highest BCUT2D eigenvalue weighted by molar-refractivity contribution is 5.96. The second-order valence-corrected chi connectivity index (χ2v) is 7.56. The van der Waals surface area contributed by atoms with Gasteiger partial charge in [0, 0.05) is 43.5 Å². The predicted octanol–water partition coefficient (Wildman–Crippen LogP) is 3.40. The summed E-state index contributed by atoms with van der Waals surface area (Å²) < 4.78 is 42.1. The number of hydrogen-bond acceptors (Lipinski definition) is 5. The first-order valence-corrected chi connectivity index (χ1v) is 10.2. The minimum atomic E-state index is -4.72. The molecule has 0 fully saturated rings. The number of rotatable bonds is 4. The van der Waals surface area contributed by atoms with Crippen molar-refractivity contribution in [1.29, 1.82) is 0 Å². The van der Waals surface area contributed by atoms with Crippen LogP contribution in [0, 0.1) is 0 Å². The smallest absolute Gasteiger partial charge is 0.406 e. The van der Waals surface area contributed by atoms with Crippen LogP contribution in [0.25, 0.3) is 0 Å². The fourth-order valence-electron chi connectivity index (χ4n) is 4.09. The minimum absolute atomic E-state index is 0.198. The van der Waals surface area contributed by atoms with Crippen LogP contribution in [-0.4, -0.2) is 42.8 Å². The molecule has 0 bridgehead atoms. The maximum Gasteiger partial charge on any atom is 0.573 e. The van der Waals surface area contributed by atoms with E-state index in [0.717, 1.165) is 37.5 Å². The number of amidine groups is 1. The number of nitrogens with zero attached hydrogens (tertiary/aromatic N) is 2. The zero-order chi connectivity index (χ0) is 21.1. The Bertz CT molecular complexity index is 917. The fourth-order valence-corrected chi connectivity index (χ4v) is 4.09. The second kappa shape index (κ2) is 8.55. The van der Waals surface area contributed by atoms with Gasteiger partial charge >= 0.3 is 6.36 Å². The molecule has 2 aliphatic heterocycles. The van der Waals surface area contributed by atoms with Gasteiger partial charge in [0.05, 0.1) is 6.04 Å². The predicted molar refractivity (Wildman–Crippen MR) is 109 cm³/mol. The number of nitrogens with two attached hydrogens (primary N) is 1. The van der Waals surface area contributed by atoms with Gasteiger partial charge in [0.1, 0.15) is 11.6 Å². The number of dihydropyridines is 1. The highest BCUT2D eigenvalue weighted by Crippen LogP contribution is 2.33. The van der Waals surface area contributed by atoms with Crippen molar-refractivity contribution in [3.05, 3.63) is 70.6 Å². The quantitative estimate of drug-likeness (QED) is 0.787. The number of hydrogen-bond donors (Lipinski definition) is 2. The molecule has 0 spiro atoms. The van der Waals surface area contributed by atoms with Crippen LogP contribution in [0.4, 0.5) is 13.2 Å². The molecule has 30 heavy (non-hydrogen) atoms. The lowest BCUT2D eigenvalue weighted by molar-refractivity contribution is -0.303. The van der Waals surface area contributed by atoms with Crippen LogP contribution in [0.5, 0.6) is 0 Å². The third-order valence-electron chi connectivity index (χ3n) is 5.44. The standard InChI is InChI=1S/C22H25F3N4O/c23-22(24,25)30-17-7-8-19-18(12-17)20(27-10-9-26)13-21(28-19)29-11-3-6-15-4-1-2-5-16(15)14-29/h1-2,4-5,7,12-13,19,27H,3,6,8-11,14,26H2. The van der Waals surface area contributed by atoms with Crippen molar-refractivity contribution in [2.24, 2.45) is 10.7 Å². The molecule has 3 aliphatic rings. The summed E-state index contributed by atoms with van der Waals surface area (Å²) in [5, 5.41) is 3.25. The van der Waals surface area contributed by atoms with Crippen molar-refractivity contribution < 1.29 is 17.9 Å². The molecule has 0 amide bonds. The first-order valence-electron chi connectivity index (χ1n) is 10.2. The summed E-state index contributed by atoms with van der Waals surface area (Å²) >= 11 is 0. The van der Waals surface area contributed by atoms with Gasteiger partial charge in [-0.15, -0.1) is 13.2 Å². The number of nitrogens with one attached hydrogen (secondary N) is 1. The number of benzene rings is 1. The van der Waals surface area contributed by atoms with E-state index in [2.05, 4.69) is 33.2 Å². The Balaban J connectivity index is 1.61. The van der Waals surface area contributed by atoms with Gasteiger partial charge in [-0.05, 0) is 42.5 Å². The van der Waals surface area contributed by atoms with E-state index in [1.54, 1.807) is 0 Å². The van der Waals surface area contributed by atoms with E-state index in [4.69, 9.17) is 10.7 Å². The van der Waals surface area contributed by atoms with Gasteiger partial charge in [0.2, 0.25) is 0 Å². The van der Waals surface area contributed by atoms with Gasteiger partial charge in [-0.3, -0.25) is 4.99 Å². The molecule has 0 aromatic heterocycles. The number of aryl methyl sites for hydroxylation is 1. The van der Waals surface area contributed by atoms with Crippen LogP contribution in [0.15, 0.2) is 64.5 Å². The largest absolute Gasteiger partial charge is 0.573 e. The van der Waals surface area contributed by atoms with Crippen molar-refractivity contribution in [1.82, 2.24) is 10.2 Å². The number of halogens is 3. The lowest BCUT2D eigenvalue weighted by Gasteiger charge is -2.32. The Morgan fingerprint density at radius 3 is 2.77 bits per heavy atom. The zero-order valence-electron chi connectivity index (χ0n) is 16.6. The average Bonchev–Trinajstić information content (AvgIpc) is 2.93. The Labute approximate surface area is 173 Å². The minimum Gasteiger partial charge on any atom is -0.406 e. The van der Waals surface area contributed by atoms with Crippen molar-refractivity contribution in [2.45, 2.75) is 38.2 Å².